The van der Waals surface area contributed by atoms with E-state index < -0.39 is 0 Å². The van der Waals surface area contributed by atoms with E-state index in [0.29, 0.717) is 29.5 Å². The average molecular weight is 448 g/mol. The Kier molecular flexibility index (Phi) is 8.36. The molecule has 0 aliphatic carbocycles. The van der Waals surface area contributed by atoms with Gasteiger partial charge in [0.25, 0.3) is 0 Å². The van der Waals surface area contributed by atoms with Crippen LogP contribution in [0, 0.1) is 0 Å². The molecule has 0 saturated heterocycles. The quantitative estimate of drug-likeness (QED) is 0.403. The predicted molar refractivity (Wildman–Crippen MR) is 130 cm³/mol. The van der Waals surface area contributed by atoms with Gasteiger partial charge >= 0.3 is 0 Å². The molecule has 0 radical (unpaired) electrons. The largest absolute Gasteiger partial charge is 0.493 e. The second-order valence-corrected chi connectivity index (χ2v) is 7.54. The Balaban J connectivity index is 1.68. The second kappa shape index (κ2) is 11.6. The number of hydrogen-bond acceptors (Lipinski definition) is 5. The smallest absolute Gasteiger partial charge is 0.248 e. The van der Waals surface area contributed by atoms with Crippen molar-refractivity contribution in [1.82, 2.24) is 0 Å². The third kappa shape index (κ3) is 7.04. The van der Waals surface area contributed by atoms with Gasteiger partial charge in [-0.2, -0.15) is 0 Å². The Morgan fingerprint density at radius 3 is 2.15 bits per heavy atom. The summed E-state index contributed by atoms with van der Waals surface area (Å²) in [4.78, 5) is 12.4. The first-order chi connectivity index (χ1) is 16.0. The van der Waals surface area contributed by atoms with E-state index in [-0.39, 0.29) is 12.0 Å². The number of ether oxygens (including phenoxy) is 4. The van der Waals surface area contributed by atoms with Crippen molar-refractivity contribution in [3.8, 4) is 23.0 Å². The SMILES string of the molecule is COc1cc(/C=C/C(=O)Nc2ccc(OC(C)C)cc2)cc(OC)c1OCc1ccccc1. The van der Waals surface area contributed by atoms with Gasteiger partial charge in [0.15, 0.2) is 11.5 Å². The summed E-state index contributed by atoms with van der Waals surface area (Å²) >= 11 is 0. The minimum Gasteiger partial charge on any atom is -0.493 e. The minimum absolute atomic E-state index is 0.0949. The lowest BCUT2D eigenvalue weighted by Gasteiger charge is -2.15. The highest BCUT2D eigenvalue weighted by atomic mass is 16.5. The number of benzene rings is 3. The van der Waals surface area contributed by atoms with Crippen molar-refractivity contribution in [3.63, 3.8) is 0 Å². The maximum atomic E-state index is 12.4. The number of hydrogen-bond donors (Lipinski definition) is 1. The van der Waals surface area contributed by atoms with E-state index in [2.05, 4.69) is 5.32 Å². The lowest BCUT2D eigenvalue weighted by Crippen LogP contribution is -2.08. The van der Waals surface area contributed by atoms with Gasteiger partial charge < -0.3 is 24.3 Å². The summed E-state index contributed by atoms with van der Waals surface area (Å²) in [5.74, 6) is 2.05. The Morgan fingerprint density at radius 2 is 1.58 bits per heavy atom. The third-order valence-electron chi connectivity index (χ3n) is 4.63. The molecule has 0 heterocycles. The van der Waals surface area contributed by atoms with Gasteiger partial charge in [-0.05, 0) is 67.4 Å². The Hall–Kier alpha value is -3.93. The van der Waals surface area contributed by atoms with E-state index in [4.69, 9.17) is 18.9 Å². The summed E-state index contributed by atoms with van der Waals surface area (Å²) in [5.41, 5.74) is 2.46. The zero-order valence-corrected chi connectivity index (χ0v) is 19.3. The van der Waals surface area contributed by atoms with E-state index in [1.807, 2.05) is 56.3 Å². The minimum atomic E-state index is -0.255. The van der Waals surface area contributed by atoms with Gasteiger partial charge in [0, 0.05) is 11.8 Å². The lowest BCUT2D eigenvalue weighted by molar-refractivity contribution is -0.111. The van der Waals surface area contributed by atoms with Crippen LogP contribution in [0.4, 0.5) is 5.69 Å². The number of nitrogens with one attached hydrogen (secondary N) is 1. The molecule has 3 aromatic rings. The van der Waals surface area contributed by atoms with Crippen molar-refractivity contribution >= 4 is 17.7 Å². The van der Waals surface area contributed by atoms with Crippen molar-refractivity contribution in [1.29, 1.82) is 0 Å². The van der Waals surface area contributed by atoms with E-state index in [1.54, 1.807) is 44.6 Å². The highest BCUT2D eigenvalue weighted by Gasteiger charge is 2.14. The van der Waals surface area contributed by atoms with Crippen LogP contribution >= 0.6 is 0 Å². The summed E-state index contributed by atoms with van der Waals surface area (Å²) in [5, 5.41) is 2.83. The van der Waals surface area contributed by atoms with Crippen LogP contribution in [0.15, 0.2) is 72.8 Å². The van der Waals surface area contributed by atoms with Crippen LogP contribution in [0.3, 0.4) is 0 Å². The fraction of sp³-hybridized carbons (Fsp3) is 0.222. The van der Waals surface area contributed by atoms with Gasteiger partial charge in [0.2, 0.25) is 11.7 Å². The number of amides is 1. The van der Waals surface area contributed by atoms with Gasteiger partial charge in [0.05, 0.1) is 20.3 Å². The van der Waals surface area contributed by atoms with Crippen molar-refractivity contribution in [2.75, 3.05) is 19.5 Å². The monoisotopic (exact) mass is 447 g/mol. The molecule has 3 aromatic carbocycles. The molecule has 0 bridgehead atoms. The van der Waals surface area contributed by atoms with Gasteiger partial charge in [-0.15, -0.1) is 0 Å². The first-order valence-corrected chi connectivity index (χ1v) is 10.7. The third-order valence-corrected chi connectivity index (χ3v) is 4.63. The molecular weight excluding hydrogens is 418 g/mol. The van der Waals surface area contributed by atoms with E-state index in [0.717, 1.165) is 16.9 Å². The Morgan fingerprint density at radius 1 is 0.939 bits per heavy atom. The summed E-state index contributed by atoms with van der Waals surface area (Å²) in [6, 6.07) is 20.7. The van der Waals surface area contributed by atoms with Crippen LogP contribution in [0.1, 0.15) is 25.0 Å². The summed E-state index contributed by atoms with van der Waals surface area (Å²) in [7, 11) is 3.13. The molecule has 33 heavy (non-hydrogen) atoms. The van der Waals surface area contributed by atoms with Crippen molar-refractivity contribution in [2.45, 2.75) is 26.6 Å². The van der Waals surface area contributed by atoms with Crippen LogP contribution in [0.2, 0.25) is 0 Å². The summed E-state index contributed by atoms with van der Waals surface area (Å²) < 4.78 is 22.6. The maximum Gasteiger partial charge on any atom is 0.248 e. The van der Waals surface area contributed by atoms with E-state index in [1.165, 1.54) is 6.08 Å². The van der Waals surface area contributed by atoms with Crippen LogP contribution < -0.4 is 24.3 Å². The molecule has 0 aromatic heterocycles. The highest BCUT2D eigenvalue weighted by Crippen LogP contribution is 2.39. The molecule has 172 valence electrons. The zero-order valence-electron chi connectivity index (χ0n) is 19.3. The van der Waals surface area contributed by atoms with Crippen LogP contribution in [0.5, 0.6) is 23.0 Å². The van der Waals surface area contributed by atoms with Crippen LogP contribution in [-0.2, 0) is 11.4 Å². The molecular formula is C27H29NO5. The van der Waals surface area contributed by atoms with Gasteiger partial charge in [0.1, 0.15) is 12.4 Å². The predicted octanol–water partition coefficient (Wildman–Crippen LogP) is 5.72. The molecule has 1 N–H and O–H groups in total. The van der Waals surface area contributed by atoms with E-state index >= 15 is 0 Å². The van der Waals surface area contributed by atoms with E-state index in [9.17, 15) is 4.79 Å². The number of methoxy groups -OCH3 is 2. The first-order valence-electron chi connectivity index (χ1n) is 10.7. The topological polar surface area (TPSA) is 66.0 Å². The fourth-order valence-corrected chi connectivity index (χ4v) is 3.11. The molecule has 0 aliphatic heterocycles. The molecule has 0 fully saturated rings. The molecule has 0 aliphatic rings. The van der Waals surface area contributed by atoms with Gasteiger partial charge in [-0.25, -0.2) is 0 Å². The van der Waals surface area contributed by atoms with Crippen LogP contribution in [-0.4, -0.2) is 26.2 Å². The lowest BCUT2D eigenvalue weighted by atomic mass is 10.1. The Bertz CT molecular complexity index is 1050. The number of carbonyl (C=O) groups excluding carboxylic acids is 1. The standard InChI is InChI=1S/C27H29NO5/c1-19(2)33-23-13-11-22(12-14-23)28-26(29)15-10-21-16-24(30-3)27(25(17-21)31-4)32-18-20-8-6-5-7-9-20/h5-17,19H,18H2,1-4H3,(H,28,29)/b15-10+. The molecule has 6 heteroatoms. The molecule has 0 spiro atoms. The normalized spacial score (nSPS) is 10.8. The molecule has 0 unspecified atom stereocenters. The Labute approximate surface area is 194 Å². The molecule has 3 rings (SSSR count). The van der Waals surface area contributed by atoms with Crippen molar-refractivity contribution < 1.29 is 23.7 Å². The molecule has 0 atom stereocenters. The molecule has 6 nitrogen and oxygen atoms in total. The summed E-state index contributed by atoms with van der Waals surface area (Å²) in [6.45, 7) is 4.31. The first kappa shape index (κ1) is 23.7. The fourth-order valence-electron chi connectivity index (χ4n) is 3.11. The molecule has 0 saturated carbocycles. The molecule has 1 amide bonds. The van der Waals surface area contributed by atoms with Crippen molar-refractivity contribution in [3.05, 3.63) is 83.9 Å². The average Bonchev–Trinajstić information content (AvgIpc) is 2.82. The maximum absolute atomic E-state index is 12.4. The van der Waals surface area contributed by atoms with Crippen LogP contribution in [0.25, 0.3) is 6.08 Å². The highest BCUT2D eigenvalue weighted by molar-refractivity contribution is 6.02. The van der Waals surface area contributed by atoms with Crippen molar-refractivity contribution in [2.24, 2.45) is 0 Å². The van der Waals surface area contributed by atoms with Gasteiger partial charge in [-0.1, -0.05) is 30.3 Å². The number of rotatable bonds is 10. The number of anilines is 1. The summed E-state index contributed by atoms with van der Waals surface area (Å²) in [6.07, 6.45) is 3.24. The zero-order chi connectivity index (χ0) is 23.6. The number of carbonyl (C=O) groups is 1. The second-order valence-electron chi connectivity index (χ2n) is 7.54. The van der Waals surface area contributed by atoms with Gasteiger partial charge in [-0.3, -0.25) is 4.79 Å².